The second kappa shape index (κ2) is 8.36. The minimum atomic E-state index is -3.36. The smallest absolute Gasteiger partial charge is 0.257 e. The first kappa shape index (κ1) is 20.7. The highest BCUT2D eigenvalue weighted by Crippen LogP contribution is 2.28. The minimum absolute atomic E-state index is 0.307. The number of hydrogen-bond donors (Lipinski definition) is 1. The predicted octanol–water partition coefficient (Wildman–Crippen LogP) is 3.24. The second-order valence-corrected chi connectivity index (χ2v) is 10.5. The number of hydrogen-bond acceptors (Lipinski definition) is 7. The van der Waals surface area contributed by atoms with Gasteiger partial charge >= 0.3 is 0 Å². The average molecular weight is 415 g/mol. The van der Waals surface area contributed by atoms with E-state index in [1.807, 2.05) is 0 Å². The number of carbonyl (C=O) groups is 1. The number of aromatic nitrogens is 2. The van der Waals surface area contributed by atoms with Crippen LogP contribution in [-0.4, -0.2) is 43.6 Å². The number of rotatable bonds is 7. The van der Waals surface area contributed by atoms with Crippen LogP contribution in [0, 0.1) is 12.8 Å². The van der Waals surface area contributed by atoms with E-state index >= 15 is 0 Å². The Bertz CT molecular complexity index is 894. The van der Waals surface area contributed by atoms with E-state index in [2.05, 4.69) is 29.4 Å². The van der Waals surface area contributed by atoms with Gasteiger partial charge in [0.05, 0.1) is 11.9 Å². The molecule has 1 aromatic carbocycles. The van der Waals surface area contributed by atoms with Gasteiger partial charge in [0, 0.05) is 18.4 Å². The molecule has 0 aliphatic rings. The summed E-state index contributed by atoms with van der Waals surface area (Å²) in [6, 6.07) is 4.87. The lowest BCUT2D eigenvalue weighted by Gasteiger charge is -2.19. The molecule has 10 heteroatoms. The summed E-state index contributed by atoms with van der Waals surface area (Å²) in [7, 11) is -1.87. The number of aryl methyl sites for hydroxylation is 1. The Hall–Kier alpha value is -1.65. The molecule has 26 heavy (non-hydrogen) atoms. The summed E-state index contributed by atoms with van der Waals surface area (Å²) in [6.07, 6.45) is 1.14. The van der Waals surface area contributed by atoms with Crippen LogP contribution in [-0.2, 0) is 10.0 Å². The average Bonchev–Trinajstić information content (AvgIpc) is 2.98. The number of sulfonamides is 1. The van der Waals surface area contributed by atoms with Crippen LogP contribution in [0.1, 0.15) is 29.8 Å². The van der Waals surface area contributed by atoms with Crippen LogP contribution >= 0.6 is 23.1 Å². The number of thioether (sulfide) groups is 1. The molecule has 0 saturated carbocycles. The topological polar surface area (TPSA) is 92.3 Å². The summed E-state index contributed by atoms with van der Waals surface area (Å²) >= 11 is 2.95. The van der Waals surface area contributed by atoms with Gasteiger partial charge in [-0.1, -0.05) is 36.9 Å². The van der Waals surface area contributed by atoms with Crippen molar-refractivity contribution >= 4 is 49.8 Å². The molecule has 0 saturated heterocycles. The van der Waals surface area contributed by atoms with Gasteiger partial charge in [-0.3, -0.25) is 14.4 Å². The normalized spacial score (nSPS) is 11.6. The van der Waals surface area contributed by atoms with Crippen LogP contribution in [0.25, 0.3) is 0 Å². The highest BCUT2D eigenvalue weighted by Gasteiger charge is 2.17. The first-order valence-electron chi connectivity index (χ1n) is 7.90. The van der Waals surface area contributed by atoms with Gasteiger partial charge in [0.25, 0.3) is 5.91 Å². The lowest BCUT2D eigenvalue weighted by molar-refractivity contribution is 0.102. The first-order valence-corrected chi connectivity index (χ1v) is 11.5. The fourth-order valence-electron chi connectivity index (χ4n) is 2.05. The molecule has 0 fully saturated rings. The van der Waals surface area contributed by atoms with Crippen LogP contribution in [0.3, 0.4) is 0 Å². The van der Waals surface area contributed by atoms with E-state index in [0.717, 1.165) is 16.3 Å². The van der Waals surface area contributed by atoms with E-state index in [1.54, 1.807) is 36.9 Å². The largest absolute Gasteiger partial charge is 0.296 e. The van der Waals surface area contributed by atoms with Crippen LogP contribution in [0.15, 0.2) is 22.5 Å². The molecule has 0 atom stereocenters. The predicted molar refractivity (Wildman–Crippen MR) is 108 cm³/mol. The molecule has 142 valence electrons. The molecular formula is C16H22N4O3S3. The van der Waals surface area contributed by atoms with Crippen molar-refractivity contribution in [2.24, 2.45) is 5.92 Å². The molecule has 1 amide bonds. The van der Waals surface area contributed by atoms with E-state index in [9.17, 15) is 13.2 Å². The van der Waals surface area contributed by atoms with Crippen LogP contribution in [0.2, 0.25) is 0 Å². The number of amides is 1. The maximum Gasteiger partial charge on any atom is 0.257 e. The Morgan fingerprint density at radius 2 is 2.04 bits per heavy atom. The summed E-state index contributed by atoms with van der Waals surface area (Å²) in [5.74, 6) is 1.18. The van der Waals surface area contributed by atoms with Gasteiger partial charge in [-0.2, -0.15) is 0 Å². The lowest BCUT2D eigenvalue weighted by Crippen LogP contribution is -2.25. The quantitative estimate of drug-likeness (QED) is 0.552. The third kappa shape index (κ3) is 5.42. The first-order chi connectivity index (χ1) is 12.1. The van der Waals surface area contributed by atoms with Crippen LogP contribution in [0.5, 0.6) is 0 Å². The third-order valence-electron chi connectivity index (χ3n) is 3.46. The molecule has 0 radical (unpaired) electrons. The van der Waals surface area contributed by atoms with Gasteiger partial charge in [0.2, 0.25) is 15.2 Å². The monoisotopic (exact) mass is 414 g/mol. The van der Waals surface area contributed by atoms with E-state index in [0.29, 0.717) is 27.9 Å². The van der Waals surface area contributed by atoms with Gasteiger partial charge in [-0.05, 0) is 36.6 Å². The van der Waals surface area contributed by atoms with Crippen LogP contribution < -0.4 is 9.62 Å². The molecular weight excluding hydrogens is 392 g/mol. The molecule has 0 spiro atoms. The summed E-state index contributed by atoms with van der Waals surface area (Å²) in [5.41, 5.74) is 1.66. The number of carbonyl (C=O) groups excluding carboxylic acids is 1. The lowest BCUT2D eigenvalue weighted by atomic mass is 10.1. The van der Waals surface area contributed by atoms with Crippen molar-refractivity contribution in [3.8, 4) is 0 Å². The van der Waals surface area contributed by atoms with Gasteiger partial charge in [0.1, 0.15) is 0 Å². The van der Waals surface area contributed by atoms with Gasteiger partial charge in [-0.25, -0.2) is 8.42 Å². The molecule has 1 heterocycles. The SMILES string of the molecule is Cc1cc(C(=O)Nc2nnc(SCC(C)C)s2)ccc1N(C)S(C)(=O)=O. The van der Waals surface area contributed by atoms with Crippen molar-refractivity contribution in [1.82, 2.24) is 10.2 Å². The molecule has 0 unspecified atom stereocenters. The van der Waals surface area contributed by atoms with Gasteiger partial charge < -0.3 is 0 Å². The molecule has 1 aromatic heterocycles. The Morgan fingerprint density at radius 3 is 2.62 bits per heavy atom. The minimum Gasteiger partial charge on any atom is -0.296 e. The Morgan fingerprint density at radius 1 is 1.35 bits per heavy atom. The molecule has 0 bridgehead atoms. The van der Waals surface area contributed by atoms with E-state index in [-0.39, 0.29) is 5.91 Å². The molecule has 2 aromatic rings. The third-order valence-corrected chi connectivity index (χ3v) is 7.05. The zero-order valence-electron chi connectivity index (χ0n) is 15.3. The number of nitrogens with one attached hydrogen (secondary N) is 1. The molecule has 0 aliphatic heterocycles. The highest BCUT2D eigenvalue weighted by molar-refractivity contribution is 8.01. The zero-order chi connectivity index (χ0) is 19.5. The molecule has 0 aliphatic carbocycles. The summed E-state index contributed by atoms with van der Waals surface area (Å²) in [5, 5.41) is 11.2. The fraction of sp³-hybridized carbons (Fsp3) is 0.438. The summed E-state index contributed by atoms with van der Waals surface area (Å²) in [4.78, 5) is 12.4. The van der Waals surface area contributed by atoms with Gasteiger partial charge in [0.15, 0.2) is 4.34 Å². The van der Waals surface area contributed by atoms with E-state index in [1.165, 1.54) is 22.7 Å². The standard InChI is InChI=1S/C16H22N4O3S3/c1-10(2)9-24-16-19-18-15(25-16)17-14(21)12-6-7-13(11(3)8-12)20(4)26(5,22)23/h6-8,10H,9H2,1-5H3,(H,17,18,21). The van der Waals surface area contributed by atoms with Crippen molar-refractivity contribution in [2.75, 3.05) is 28.7 Å². The Labute approximate surface area is 162 Å². The highest BCUT2D eigenvalue weighted by atomic mass is 32.2. The number of anilines is 2. The van der Waals surface area contributed by atoms with Crippen molar-refractivity contribution < 1.29 is 13.2 Å². The zero-order valence-corrected chi connectivity index (χ0v) is 17.8. The van der Waals surface area contributed by atoms with Crippen LogP contribution in [0.4, 0.5) is 10.8 Å². The maximum atomic E-state index is 12.4. The molecule has 7 nitrogen and oxygen atoms in total. The van der Waals surface area contributed by atoms with Crippen molar-refractivity contribution in [3.63, 3.8) is 0 Å². The second-order valence-electron chi connectivity index (χ2n) is 6.26. The molecule has 1 N–H and O–H groups in total. The Kier molecular flexibility index (Phi) is 6.64. The summed E-state index contributed by atoms with van der Waals surface area (Å²) in [6.45, 7) is 6.02. The van der Waals surface area contributed by atoms with Crippen molar-refractivity contribution in [3.05, 3.63) is 29.3 Å². The van der Waals surface area contributed by atoms with E-state index in [4.69, 9.17) is 0 Å². The number of benzene rings is 1. The van der Waals surface area contributed by atoms with Crippen molar-refractivity contribution in [2.45, 2.75) is 25.1 Å². The van der Waals surface area contributed by atoms with Gasteiger partial charge in [-0.15, -0.1) is 10.2 Å². The fourth-order valence-corrected chi connectivity index (χ4v) is 4.34. The number of nitrogens with zero attached hydrogens (tertiary/aromatic N) is 3. The Balaban J connectivity index is 2.09. The van der Waals surface area contributed by atoms with E-state index < -0.39 is 10.0 Å². The maximum absolute atomic E-state index is 12.4. The molecule has 2 rings (SSSR count). The van der Waals surface area contributed by atoms with Crippen molar-refractivity contribution in [1.29, 1.82) is 0 Å². The summed E-state index contributed by atoms with van der Waals surface area (Å²) < 4.78 is 25.3.